The molecule has 3 aliphatic carbocycles. The minimum atomic E-state index is -0.537. The van der Waals surface area contributed by atoms with Crippen molar-refractivity contribution in [2.45, 2.75) is 64.0 Å². The smallest absolute Gasteiger partial charge is 0.239 e. The molecule has 2 amide bonds. The summed E-state index contributed by atoms with van der Waals surface area (Å²) in [6.07, 6.45) is 16.1. The predicted octanol–water partition coefficient (Wildman–Crippen LogP) is 2.91. The van der Waals surface area contributed by atoms with Gasteiger partial charge in [0.2, 0.25) is 11.8 Å². The van der Waals surface area contributed by atoms with Gasteiger partial charge in [-0.3, -0.25) is 9.59 Å². The number of aromatic nitrogens is 2. The van der Waals surface area contributed by atoms with Crippen LogP contribution in [0.1, 0.15) is 63.7 Å². The molecule has 0 spiro atoms. The molecule has 5 rings (SSSR count). The predicted molar refractivity (Wildman–Crippen MR) is 110 cm³/mol. The van der Waals surface area contributed by atoms with Gasteiger partial charge in [0.05, 0.1) is 0 Å². The van der Waals surface area contributed by atoms with Crippen LogP contribution in [0.4, 0.5) is 0 Å². The van der Waals surface area contributed by atoms with Gasteiger partial charge >= 0.3 is 0 Å². The molecule has 0 bridgehead atoms. The number of nitrogens with two attached hydrogens (primary N) is 1. The molecule has 0 radical (unpaired) electrons. The van der Waals surface area contributed by atoms with Crippen LogP contribution in [0, 0.1) is 35.5 Å². The van der Waals surface area contributed by atoms with Crippen molar-refractivity contribution >= 4 is 17.9 Å². The summed E-state index contributed by atoms with van der Waals surface area (Å²) >= 11 is 0. The van der Waals surface area contributed by atoms with Crippen LogP contribution in [0.15, 0.2) is 18.5 Å². The molecular formula is C23H32N4O2. The van der Waals surface area contributed by atoms with Crippen LogP contribution in [0.5, 0.6) is 0 Å². The van der Waals surface area contributed by atoms with E-state index in [1.165, 1.54) is 19.3 Å². The van der Waals surface area contributed by atoms with E-state index in [4.69, 9.17) is 5.73 Å². The Morgan fingerprint density at radius 1 is 1.14 bits per heavy atom. The highest BCUT2D eigenvalue weighted by atomic mass is 16.2. The van der Waals surface area contributed by atoms with E-state index in [1.54, 1.807) is 0 Å². The Labute approximate surface area is 172 Å². The number of carbonyl (C=O) groups is 2. The summed E-state index contributed by atoms with van der Waals surface area (Å²) in [6, 6.07) is 0.0155. The largest absolute Gasteiger partial charge is 0.368 e. The number of nitrogens with one attached hydrogen (secondary N) is 1. The molecule has 8 atom stereocenters. The summed E-state index contributed by atoms with van der Waals surface area (Å²) in [7, 11) is 0. The van der Waals surface area contributed by atoms with E-state index in [0.29, 0.717) is 30.2 Å². The first-order valence-corrected chi connectivity index (χ1v) is 11.4. The first-order chi connectivity index (χ1) is 14.1. The molecule has 1 aliphatic heterocycles. The van der Waals surface area contributed by atoms with Gasteiger partial charge in [-0.05, 0) is 74.7 Å². The zero-order chi connectivity index (χ0) is 20.1. The molecule has 1 aromatic heterocycles. The third-order valence-electron chi connectivity index (χ3n) is 8.47. The number of hydrogen-bond donors (Lipinski definition) is 2. The lowest BCUT2D eigenvalue weighted by Crippen LogP contribution is -2.48. The zero-order valence-electron chi connectivity index (χ0n) is 17.2. The van der Waals surface area contributed by atoms with E-state index in [9.17, 15) is 9.59 Å². The molecule has 1 aromatic rings. The second kappa shape index (κ2) is 7.29. The van der Waals surface area contributed by atoms with Crippen LogP contribution in [0.3, 0.4) is 0 Å². The Hall–Kier alpha value is -2.11. The SMILES string of the molecule is CC[C@H](NC(=O)[C@@H]1CC[C@H]2[C@@H]3CCC4[C@H](C=Cc5nccn54)[C@H]3CC[C@@H]21)C(N)=O. The van der Waals surface area contributed by atoms with Gasteiger partial charge in [-0.1, -0.05) is 13.0 Å². The molecule has 156 valence electrons. The fraction of sp³-hybridized carbons (Fsp3) is 0.696. The lowest BCUT2D eigenvalue weighted by molar-refractivity contribution is -0.131. The molecule has 29 heavy (non-hydrogen) atoms. The van der Waals surface area contributed by atoms with Crippen molar-refractivity contribution < 1.29 is 9.59 Å². The van der Waals surface area contributed by atoms with Crippen molar-refractivity contribution in [1.29, 1.82) is 0 Å². The van der Waals surface area contributed by atoms with E-state index >= 15 is 0 Å². The summed E-state index contributed by atoms with van der Waals surface area (Å²) in [6.45, 7) is 1.89. The Kier molecular flexibility index (Phi) is 4.75. The van der Waals surface area contributed by atoms with E-state index in [-0.39, 0.29) is 11.8 Å². The molecule has 4 aliphatic rings. The fourth-order valence-electron chi connectivity index (χ4n) is 7.21. The molecule has 2 heterocycles. The zero-order valence-corrected chi connectivity index (χ0v) is 17.2. The highest BCUT2D eigenvalue weighted by Gasteiger charge is 2.52. The van der Waals surface area contributed by atoms with Gasteiger partial charge in [0, 0.05) is 30.3 Å². The molecule has 6 heteroatoms. The van der Waals surface area contributed by atoms with Crippen LogP contribution >= 0.6 is 0 Å². The van der Waals surface area contributed by atoms with Crippen LogP contribution in [0.25, 0.3) is 6.08 Å². The first kappa shape index (κ1) is 18.9. The van der Waals surface area contributed by atoms with E-state index < -0.39 is 11.9 Å². The number of hydrogen-bond acceptors (Lipinski definition) is 3. The number of carbonyl (C=O) groups excluding carboxylic acids is 2. The standard InChI is InChI=1S/C23H32N4O2/c1-2-19(22(24)28)26-23(29)18-6-5-13-14-7-9-20-17(15(14)3-4-16(13)18)8-10-21-25-11-12-27(20)21/h8,10-20H,2-7,9H2,1H3,(H2,24,28)(H,26,29)/t13-,14-,15-,16-,17+,18+,19-,20?/m0/s1. The Morgan fingerprint density at radius 2 is 1.86 bits per heavy atom. The third kappa shape index (κ3) is 3.03. The molecular weight excluding hydrogens is 364 g/mol. The third-order valence-corrected chi connectivity index (χ3v) is 8.47. The Balaban J connectivity index is 1.30. The average Bonchev–Trinajstić information content (AvgIpc) is 3.37. The molecule has 3 fully saturated rings. The fourth-order valence-corrected chi connectivity index (χ4v) is 7.21. The highest BCUT2D eigenvalue weighted by molar-refractivity contribution is 5.87. The van der Waals surface area contributed by atoms with E-state index in [2.05, 4.69) is 33.2 Å². The summed E-state index contributed by atoms with van der Waals surface area (Å²) in [4.78, 5) is 29.0. The van der Waals surface area contributed by atoms with Crippen molar-refractivity contribution in [3.8, 4) is 0 Å². The molecule has 3 N–H and O–H groups in total. The molecule has 0 saturated heterocycles. The Bertz CT molecular complexity index is 831. The second-order valence-electron chi connectivity index (χ2n) is 9.56. The van der Waals surface area contributed by atoms with Crippen molar-refractivity contribution in [2.24, 2.45) is 41.2 Å². The topological polar surface area (TPSA) is 90.0 Å². The summed E-state index contributed by atoms with van der Waals surface area (Å²) in [5.41, 5.74) is 5.44. The van der Waals surface area contributed by atoms with Crippen LogP contribution in [0.2, 0.25) is 0 Å². The summed E-state index contributed by atoms with van der Waals surface area (Å²) < 4.78 is 2.38. The maximum absolute atomic E-state index is 12.9. The minimum Gasteiger partial charge on any atom is -0.368 e. The quantitative estimate of drug-likeness (QED) is 0.820. The Morgan fingerprint density at radius 3 is 2.66 bits per heavy atom. The summed E-state index contributed by atoms with van der Waals surface area (Å²) in [5.74, 6) is 3.93. The number of amides is 2. The van der Waals surface area contributed by atoms with Gasteiger partial charge < -0.3 is 15.6 Å². The molecule has 6 nitrogen and oxygen atoms in total. The molecule has 3 saturated carbocycles. The van der Waals surface area contributed by atoms with E-state index in [1.807, 2.05) is 13.1 Å². The lowest BCUT2D eigenvalue weighted by atomic mass is 9.56. The van der Waals surface area contributed by atoms with Crippen molar-refractivity contribution in [1.82, 2.24) is 14.9 Å². The van der Waals surface area contributed by atoms with Crippen molar-refractivity contribution in [3.05, 3.63) is 24.3 Å². The number of fused-ring (bicyclic) bond motifs is 7. The van der Waals surface area contributed by atoms with Gasteiger partial charge in [-0.2, -0.15) is 0 Å². The maximum atomic E-state index is 12.9. The monoisotopic (exact) mass is 396 g/mol. The summed E-state index contributed by atoms with van der Waals surface area (Å²) in [5, 5.41) is 2.93. The highest BCUT2D eigenvalue weighted by Crippen LogP contribution is 2.58. The molecule has 0 aromatic carbocycles. The number of primary amides is 1. The number of rotatable bonds is 4. The van der Waals surface area contributed by atoms with Gasteiger partial charge in [0.15, 0.2) is 0 Å². The van der Waals surface area contributed by atoms with Gasteiger partial charge in [0.25, 0.3) is 0 Å². The van der Waals surface area contributed by atoms with Crippen LogP contribution in [-0.4, -0.2) is 27.4 Å². The number of imidazole rings is 1. The second-order valence-corrected chi connectivity index (χ2v) is 9.56. The minimum absolute atomic E-state index is 0.0502. The van der Waals surface area contributed by atoms with Crippen molar-refractivity contribution in [2.75, 3.05) is 0 Å². The number of nitrogens with zero attached hydrogens (tertiary/aromatic N) is 2. The first-order valence-electron chi connectivity index (χ1n) is 11.4. The van der Waals surface area contributed by atoms with Crippen LogP contribution in [-0.2, 0) is 9.59 Å². The molecule has 1 unspecified atom stereocenters. The van der Waals surface area contributed by atoms with Gasteiger partial charge in [-0.15, -0.1) is 0 Å². The van der Waals surface area contributed by atoms with Crippen molar-refractivity contribution in [3.63, 3.8) is 0 Å². The number of allylic oxidation sites excluding steroid dienone is 1. The van der Waals surface area contributed by atoms with Crippen LogP contribution < -0.4 is 11.1 Å². The lowest BCUT2D eigenvalue weighted by Gasteiger charge is -2.51. The van der Waals surface area contributed by atoms with Gasteiger partial charge in [-0.25, -0.2) is 4.98 Å². The van der Waals surface area contributed by atoms with E-state index in [0.717, 1.165) is 36.9 Å². The normalized spacial score (nSPS) is 38.3. The average molecular weight is 397 g/mol. The maximum Gasteiger partial charge on any atom is 0.239 e. The van der Waals surface area contributed by atoms with Gasteiger partial charge in [0.1, 0.15) is 11.9 Å².